The first-order chi connectivity index (χ1) is 12.4. The van der Waals surface area contributed by atoms with Crippen molar-refractivity contribution in [2.45, 2.75) is 77.8 Å². The molecule has 0 fully saturated rings. The van der Waals surface area contributed by atoms with Crippen molar-refractivity contribution in [1.82, 2.24) is 25.4 Å². The van der Waals surface area contributed by atoms with Gasteiger partial charge in [-0.3, -0.25) is 0 Å². The first kappa shape index (κ1) is 18.0. The monoisotopic (exact) mass is 344 g/mol. The van der Waals surface area contributed by atoms with Crippen LogP contribution in [0.15, 0.2) is 16.6 Å². The molecule has 3 rings (SSSR count). The Bertz CT molecular complexity index is 601. The highest BCUT2D eigenvalue weighted by molar-refractivity contribution is 5.79. The molecule has 0 radical (unpaired) electrons. The average Bonchev–Trinajstić information content (AvgIpc) is 2.87. The molecule has 6 nitrogen and oxygen atoms in total. The predicted molar refractivity (Wildman–Crippen MR) is 102 cm³/mol. The maximum atomic E-state index is 4.73. The molecule has 1 aliphatic heterocycles. The van der Waals surface area contributed by atoms with E-state index in [2.05, 4.69) is 38.4 Å². The lowest BCUT2D eigenvalue weighted by Crippen LogP contribution is -2.38. The molecule has 138 valence electrons. The zero-order valence-corrected chi connectivity index (χ0v) is 15.6. The lowest BCUT2D eigenvalue weighted by atomic mass is 9.97. The number of guanidine groups is 1. The van der Waals surface area contributed by atoms with E-state index in [0.29, 0.717) is 6.54 Å². The van der Waals surface area contributed by atoms with Gasteiger partial charge in [-0.05, 0) is 51.9 Å². The van der Waals surface area contributed by atoms with Crippen LogP contribution in [0.1, 0.15) is 69.9 Å². The van der Waals surface area contributed by atoms with E-state index < -0.39 is 0 Å². The Balaban J connectivity index is 1.54. The van der Waals surface area contributed by atoms with Gasteiger partial charge < -0.3 is 15.2 Å². The zero-order valence-electron chi connectivity index (χ0n) is 15.6. The minimum Gasteiger partial charge on any atom is -0.357 e. The molecule has 0 atom stereocenters. The van der Waals surface area contributed by atoms with Crippen LogP contribution in [0.5, 0.6) is 0 Å². The van der Waals surface area contributed by atoms with Gasteiger partial charge >= 0.3 is 0 Å². The second-order valence-electron chi connectivity index (χ2n) is 6.97. The van der Waals surface area contributed by atoms with Gasteiger partial charge in [-0.25, -0.2) is 4.99 Å². The van der Waals surface area contributed by atoms with Crippen LogP contribution in [0.2, 0.25) is 0 Å². The highest BCUT2D eigenvalue weighted by Gasteiger charge is 2.14. The maximum Gasteiger partial charge on any atom is 0.191 e. The van der Waals surface area contributed by atoms with Crippen molar-refractivity contribution < 1.29 is 0 Å². The van der Waals surface area contributed by atoms with Crippen LogP contribution < -0.4 is 10.6 Å². The first-order valence-electron chi connectivity index (χ1n) is 9.98. The molecule has 1 aromatic heterocycles. The number of allylic oxidation sites excluding steroid dienone is 1. The van der Waals surface area contributed by atoms with Gasteiger partial charge in [-0.15, -0.1) is 10.2 Å². The summed E-state index contributed by atoms with van der Waals surface area (Å²) in [5.74, 6) is 3.00. The highest BCUT2D eigenvalue weighted by atomic mass is 15.3. The third-order valence-electron chi connectivity index (χ3n) is 5.03. The van der Waals surface area contributed by atoms with Gasteiger partial charge in [0.25, 0.3) is 0 Å². The van der Waals surface area contributed by atoms with Gasteiger partial charge in [-0.2, -0.15) is 0 Å². The Kier molecular flexibility index (Phi) is 6.89. The van der Waals surface area contributed by atoms with Gasteiger partial charge in [0.1, 0.15) is 12.4 Å². The molecule has 1 aliphatic carbocycles. The summed E-state index contributed by atoms with van der Waals surface area (Å²) in [6.07, 6.45) is 13.5. The molecule has 0 amide bonds. The molecule has 0 aromatic carbocycles. The third kappa shape index (κ3) is 5.31. The van der Waals surface area contributed by atoms with Crippen molar-refractivity contribution in [3.8, 4) is 0 Å². The Morgan fingerprint density at radius 3 is 2.88 bits per heavy atom. The summed E-state index contributed by atoms with van der Waals surface area (Å²) >= 11 is 0. The molecular weight excluding hydrogens is 312 g/mol. The smallest absolute Gasteiger partial charge is 0.191 e. The number of aryl methyl sites for hydroxylation is 1. The van der Waals surface area contributed by atoms with Gasteiger partial charge in [-0.1, -0.05) is 18.1 Å². The molecule has 0 bridgehead atoms. The molecule has 0 spiro atoms. The minimum absolute atomic E-state index is 0.588. The van der Waals surface area contributed by atoms with E-state index in [9.17, 15) is 0 Å². The molecule has 0 saturated heterocycles. The van der Waals surface area contributed by atoms with E-state index >= 15 is 0 Å². The van der Waals surface area contributed by atoms with Crippen molar-refractivity contribution in [3.05, 3.63) is 23.3 Å². The summed E-state index contributed by atoms with van der Waals surface area (Å²) in [6, 6.07) is 0. The number of nitrogens with zero attached hydrogens (tertiary/aromatic N) is 4. The highest BCUT2D eigenvalue weighted by Crippen LogP contribution is 2.19. The molecule has 2 heterocycles. The standard InChI is InChI=1S/C19H32N6/c1-2-20-19(21-13-12-16-9-5-3-6-10-16)22-15-18-24-23-17-11-7-4-8-14-25(17)18/h9H,2-8,10-15H2,1H3,(H2,20,21,22). The zero-order chi connectivity index (χ0) is 17.3. The van der Waals surface area contributed by atoms with E-state index in [1.165, 1.54) is 44.9 Å². The number of rotatable bonds is 6. The Morgan fingerprint density at radius 1 is 1.12 bits per heavy atom. The largest absolute Gasteiger partial charge is 0.357 e. The van der Waals surface area contributed by atoms with Crippen molar-refractivity contribution in [2.24, 2.45) is 4.99 Å². The summed E-state index contributed by atoms with van der Waals surface area (Å²) < 4.78 is 2.27. The number of aromatic nitrogens is 3. The van der Waals surface area contributed by atoms with Gasteiger partial charge in [0.05, 0.1) is 0 Å². The number of hydrogen-bond acceptors (Lipinski definition) is 3. The van der Waals surface area contributed by atoms with Crippen molar-refractivity contribution in [1.29, 1.82) is 0 Å². The summed E-state index contributed by atoms with van der Waals surface area (Å²) in [4.78, 5) is 4.73. The van der Waals surface area contributed by atoms with E-state index in [4.69, 9.17) is 4.99 Å². The number of hydrogen-bond donors (Lipinski definition) is 2. The fraction of sp³-hybridized carbons (Fsp3) is 0.737. The Labute approximate surface area is 151 Å². The number of aliphatic imine (C=N–C) groups is 1. The van der Waals surface area contributed by atoms with Gasteiger partial charge in [0.2, 0.25) is 0 Å². The van der Waals surface area contributed by atoms with Crippen LogP contribution in [-0.4, -0.2) is 33.8 Å². The van der Waals surface area contributed by atoms with Crippen LogP contribution in [0.25, 0.3) is 0 Å². The minimum atomic E-state index is 0.588. The predicted octanol–water partition coefficient (Wildman–Crippen LogP) is 2.95. The number of nitrogens with one attached hydrogen (secondary N) is 2. The average molecular weight is 345 g/mol. The summed E-state index contributed by atoms with van der Waals surface area (Å²) in [6.45, 7) is 5.53. The van der Waals surface area contributed by atoms with E-state index in [0.717, 1.165) is 50.1 Å². The van der Waals surface area contributed by atoms with Crippen LogP contribution in [0, 0.1) is 0 Å². The van der Waals surface area contributed by atoms with Crippen LogP contribution in [0.3, 0.4) is 0 Å². The molecule has 0 saturated carbocycles. The quantitative estimate of drug-likeness (QED) is 0.473. The van der Waals surface area contributed by atoms with Gasteiger partial charge in [0.15, 0.2) is 11.8 Å². The normalized spacial score (nSPS) is 18.3. The molecule has 6 heteroatoms. The van der Waals surface area contributed by atoms with Crippen LogP contribution >= 0.6 is 0 Å². The lowest BCUT2D eigenvalue weighted by Gasteiger charge is -2.15. The molecule has 0 unspecified atom stereocenters. The SMILES string of the molecule is CCNC(=NCc1nnc2n1CCCCC2)NCCC1=CCCCC1. The van der Waals surface area contributed by atoms with E-state index in [1.807, 2.05) is 0 Å². The molecule has 2 N–H and O–H groups in total. The summed E-state index contributed by atoms with van der Waals surface area (Å²) in [5.41, 5.74) is 1.59. The molecular formula is C19H32N6. The molecule has 2 aliphatic rings. The van der Waals surface area contributed by atoms with Crippen LogP contribution in [-0.2, 0) is 19.5 Å². The fourth-order valence-electron chi connectivity index (χ4n) is 3.63. The topological polar surface area (TPSA) is 67.1 Å². The fourth-order valence-corrected chi connectivity index (χ4v) is 3.63. The first-order valence-corrected chi connectivity index (χ1v) is 9.98. The second-order valence-corrected chi connectivity index (χ2v) is 6.97. The third-order valence-corrected chi connectivity index (χ3v) is 5.03. The van der Waals surface area contributed by atoms with E-state index in [-0.39, 0.29) is 0 Å². The van der Waals surface area contributed by atoms with E-state index in [1.54, 1.807) is 5.57 Å². The maximum absolute atomic E-state index is 4.73. The second kappa shape index (κ2) is 9.59. The van der Waals surface area contributed by atoms with Crippen LogP contribution in [0.4, 0.5) is 0 Å². The lowest BCUT2D eigenvalue weighted by molar-refractivity contribution is 0.605. The summed E-state index contributed by atoms with van der Waals surface area (Å²) in [5, 5.41) is 15.5. The van der Waals surface area contributed by atoms with Crippen molar-refractivity contribution in [3.63, 3.8) is 0 Å². The Hall–Kier alpha value is -1.85. The molecule has 25 heavy (non-hydrogen) atoms. The summed E-state index contributed by atoms with van der Waals surface area (Å²) in [7, 11) is 0. The van der Waals surface area contributed by atoms with Gasteiger partial charge in [0, 0.05) is 26.1 Å². The van der Waals surface area contributed by atoms with Crippen molar-refractivity contribution in [2.75, 3.05) is 13.1 Å². The Morgan fingerprint density at radius 2 is 2.04 bits per heavy atom. The molecule has 1 aromatic rings. The van der Waals surface area contributed by atoms with Crippen molar-refractivity contribution >= 4 is 5.96 Å². The number of fused-ring (bicyclic) bond motifs is 1.